The minimum absolute atomic E-state index is 0.00937. The molecule has 0 unspecified atom stereocenters. The van der Waals surface area contributed by atoms with Crippen molar-refractivity contribution in [1.82, 2.24) is 19.9 Å². The Morgan fingerprint density at radius 1 is 0.812 bits per heavy atom. The van der Waals surface area contributed by atoms with E-state index in [9.17, 15) is 0 Å². The Morgan fingerprint density at radius 2 is 1.42 bits per heavy atom. The lowest BCUT2D eigenvalue weighted by atomic mass is 9.98. The van der Waals surface area contributed by atoms with Crippen molar-refractivity contribution in [3.63, 3.8) is 0 Å². The summed E-state index contributed by atoms with van der Waals surface area (Å²) in [6.45, 7) is 3.26. The molecule has 9 rings (SSSR count). The Labute approximate surface area is 373 Å². The summed E-state index contributed by atoms with van der Waals surface area (Å²) in [5.41, 5.74) is 2.57. The third-order valence-electron chi connectivity index (χ3n) is 11.9. The van der Waals surface area contributed by atoms with Crippen molar-refractivity contribution >= 4 is 40.0 Å². The second-order valence-corrected chi connectivity index (χ2v) is 16.2. The highest BCUT2D eigenvalue weighted by Gasteiger charge is 2.53. The summed E-state index contributed by atoms with van der Waals surface area (Å²) in [5.74, 6) is 4.01. The molecule has 11 nitrogen and oxygen atoms in total. The maximum absolute atomic E-state index is 15.3. The highest BCUT2D eigenvalue weighted by molar-refractivity contribution is 6.36. The first-order valence-electron chi connectivity index (χ1n) is 20.8. The Kier molecular flexibility index (Phi) is 11.6. The number of aromatic nitrogens is 4. The van der Waals surface area contributed by atoms with Crippen molar-refractivity contribution in [2.24, 2.45) is 0 Å². The number of anilines is 3. The monoisotopic (exact) mass is 887 g/mol. The van der Waals surface area contributed by atoms with Crippen molar-refractivity contribution in [2.75, 3.05) is 49.6 Å². The lowest BCUT2D eigenvalue weighted by Gasteiger charge is -2.33. The summed E-state index contributed by atoms with van der Waals surface area (Å²) in [6, 6.07) is 30.0. The fourth-order valence-corrected chi connectivity index (χ4v) is 8.86. The molecular weight excluding hydrogens is 843 g/mol. The van der Waals surface area contributed by atoms with Crippen LogP contribution in [0, 0.1) is 6.92 Å². The van der Waals surface area contributed by atoms with Crippen LogP contribution in [-0.2, 0) is 31.3 Å². The maximum Gasteiger partial charge on any atom is 0.418 e. The van der Waals surface area contributed by atoms with Crippen LogP contribution in [0.1, 0.15) is 46.2 Å². The van der Waals surface area contributed by atoms with Crippen LogP contribution in [0.15, 0.2) is 110 Å². The lowest BCUT2D eigenvalue weighted by molar-refractivity contribution is -0.137. The molecule has 3 aromatic heterocycles. The van der Waals surface area contributed by atoms with E-state index in [-0.39, 0.29) is 34.2 Å². The van der Waals surface area contributed by atoms with Gasteiger partial charge in [-0.25, -0.2) is 19.9 Å². The largest absolute Gasteiger partial charge is 0.497 e. The first kappa shape index (κ1) is 42.5. The minimum atomic E-state index is -4.77. The smallest absolute Gasteiger partial charge is 0.418 e. The Bertz CT molecular complexity index is 2760. The van der Waals surface area contributed by atoms with Crippen LogP contribution in [-0.4, -0.2) is 54.4 Å². The number of pyridine rings is 2. The van der Waals surface area contributed by atoms with E-state index in [0.717, 1.165) is 46.7 Å². The molecule has 328 valence electrons. The van der Waals surface area contributed by atoms with Gasteiger partial charge in [0.15, 0.2) is 5.75 Å². The SMILES string of the molecule is COc1ccc(CNc2ncccc2C2(N3CCOc4c(Cl)c(-c5nc(N(Cc6ccc(OC)cc6)Cc6ccc(OC)cc6)cc(C)c5C(F)(F)F)cc5ncnc3c45)CC2)cc1. The standard InChI is InChI=1S/C49H45ClF3N7O4/c1-30-24-40(59(27-32-9-15-35(62-3)16-10-32)28-33-11-17-36(63-4)18-12-33)58-44(42(30)49(51,52)53)37-25-39-41-45(43(37)50)64-23-22-60(47(41)57-29-56-39)48(19-20-48)38-6-5-21-54-46(38)55-26-31-7-13-34(61-2)14-8-31/h5-18,21,24-25,29H,19-20,22-23,26-28H2,1-4H3,(H,54,55). The number of nitrogens with one attached hydrogen (secondary N) is 1. The van der Waals surface area contributed by atoms with E-state index in [2.05, 4.69) is 21.3 Å². The van der Waals surface area contributed by atoms with Crippen molar-refractivity contribution in [2.45, 2.75) is 51.1 Å². The second-order valence-electron chi connectivity index (χ2n) is 15.9. The van der Waals surface area contributed by atoms with Crippen LogP contribution in [0.4, 0.5) is 30.6 Å². The fraction of sp³-hybridized carbons (Fsp3) is 0.265. The normalized spacial score (nSPS) is 14.1. The van der Waals surface area contributed by atoms with Crippen LogP contribution in [0.25, 0.3) is 22.2 Å². The van der Waals surface area contributed by atoms with Crippen molar-refractivity contribution < 1.29 is 32.1 Å². The molecule has 1 aliphatic carbocycles. The second kappa shape index (κ2) is 17.4. The number of alkyl halides is 3. The van der Waals surface area contributed by atoms with Crippen molar-refractivity contribution in [3.8, 4) is 34.3 Å². The lowest BCUT2D eigenvalue weighted by Crippen LogP contribution is -2.39. The number of benzene rings is 4. The van der Waals surface area contributed by atoms with E-state index in [1.165, 1.54) is 19.3 Å². The first-order valence-corrected chi connectivity index (χ1v) is 21.2. The Morgan fingerprint density at radius 3 is 2.00 bits per heavy atom. The van der Waals surface area contributed by atoms with Crippen LogP contribution < -0.4 is 34.1 Å². The predicted octanol–water partition coefficient (Wildman–Crippen LogP) is 10.8. The number of hydrogen-bond donors (Lipinski definition) is 1. The zero-order chi connectivity index (χ0) is 44.6. The molecule has 0 bridgehead atoms. The van der Waals surface area contributed by atoms with E-state index in [1.54, 1.807) is 33.6 Å². The molecule has 1 fully saturated rings. The molecule has 4 heterocycles. The molecule has 0 atom stereocenters. The third kappa shape index (κ3) is 8.25. The van der Waals surface area contributed by atoms with Crippen molar-refractivity contribution in [3.05, 3.63) is 148 Å². The maximum atomic E-state index is 15.3. The average molecular weight is 888 g/mol. The predicted molar refractivity (Wildman–Crippen MR) is 242 cm³/mol. The van der Waals surface area contributed by atoms with Crippen LogP contribution in [0.3, 0.4) is 0 Å². The number of aryl methyl sites for hydroxylation is 1. The molecule has 7 aromatic rings. The summed E-state index contributed by atoms with van der Waals surface area (Å²) < 4.78 is 68.4. The highest BCUT2D eigenvalue weighted by Crippen LogP contribution is 2.57. The molecule has 0 amide bonds. The number of ether oxygens (including phenoxy) is 4. The molecule has 0 saturated heterocycles. The van der Waals surface area contributed by atoms with Gasteiger partial charge in [0.05, 0.1) is 60.6 Å². The van der Waals surface area contributed by atoms with Gasteiger partial charge in [0, 0.05) is 37.0 Å². The summed E-state index contributed by atoms with van der Waals surface area (Å²) in [7, 11) is 4.82. The fourth-order valence-electron chi connectivity index (χ4n) is 8.57. The van der Waals surface area contributed by atoms with E-state index in [0.29, 0.717) is 60.2 Å². The number of hydrogen-bond acceptors (Lipinski definition) is 11. The molecule has 2 aliphatic rings. The first-order chi connectivity index (χ1) is 31.0. The van der Waals surface area contributed by atoms with E-state index >= 15 is 13.2 Å². The minimum Gasteiger partial charge on any atom is -0.497 e. The third-order valence-corrected chi connectivity index (χ3v) is 12.3. The van der Waals surface area contributed by atoms with Gasteiger partial charge in [0.25, 0.3) is 0 Å². The highest BCUT2D eigenvalue weighted by atomic mass is 35.5. The van der Waals surface area contributed by atoms with Gasteiger partial charge in [0.1, 0.15) is 47.6 Å². The van der Waals surface area contributed by atoms with E-state index in [4.69, 9.17) is 45.5 Å². The summed E-state index contributed by atoms with van der Waals surface area (Å²) in [5, 5.41) is 4.04. The van der Waals surface area contributed by atoms with Gasteiger partial charge in [-0.2, -0.15) is 13.2 Å². The zero-order valence-corrected chi connectivity index (χ0v) is 36.4. The number of rotatable bonds is 14. The number of nitrogens with zero attached hydrogens (tertiary/aromatic N) is 6. The molecule has 64 heavy (non-hydrogen) atoms. The van der Waals surface area contributed by atoms with Crippen LogP contribution in [0.5, 0.6) is 23.0 Å². The quantitative estimate of drug-likeness (QED) is 0.113. The Hall–Kier alpha value is -6.80. The van der Waals surface area contributed by atoms with Gasteiger partial charge >= 0.3 is 6.18 Å². The van der Waals surface area contributed by atoms with Gasteiger partial charge in [-0.05, 0) is 96.6 Å². The topological polar surface area (TPSA) is 107 Å². The summed E-state index contributed by atoms with van der Waals surface area (Å²) in [6.07, 6.45) is 0.0566. The number of methoxy groups -OCH3 is 3. The molecule has 1 saturated carbocycles. The van der Waals surface area contributed by atoms with Gasteiger partial charge in [-0.15, -0.1) is 0 Å². The summed E-state index contributed by atoms with van der Waals surface area (Å²) >= 11 is 7.29. The van der Waals surface area contributed by atoms with Crippen LogP contribution in [0.2, 0.25) is 5.02 Å². The van der Waals surface area contributed by atoms with Crippen molar-refractivity contribution in [1.29, 1.82) is 0 Å². The molecular formula is C49H45ClF3N7O4. The summed E-state index contributed by atoms with van der Waals surface area (Å²) in [4.78, 5) is 23.2. The van der Waals surface area contributed by atoms with Gasteiger partial charge < -0.3 is 34.1 Å². The van der Waals surface area contributed by atoms with Gasteiger partial charge in [-0.3, -0.25) is 0 Å². The zero-order valence-electron chi connectivity index (χ0n) is 35.7. The van der Waals surface area contributed by atoms with E-state index < -0.39 is 17.3 Å². The Balaban J connectivity index is 1.12. The molecule has 4 aromatic carbocycles. The average Bonchev–Trinajstić information content (AvgIpc) is 4.14. The van der Waals surface area contributed by atoms with Crippen LogP contribution >= 0.6 is 11.6 Å². The molecule has 0 spiro atoms. The molecule has 15 heteroatoms. The molecule has 1 N–H and O–H groups in total. The molecule has 0 radical (unpaired) electrons. The molecule has 1 aliphatic heterocycles. The van der Waals surface area contributed by atoms with Gasteiger partial charge in [0.2, 0.25) is 0 Å². The van der Waals surface area contributed by atoms with Gasteiger partial charge in [-0.1, -0.05) is 54.1 Å². The number of halogens is 4. The van der Waals surface area contributed by atoms with E-state index in [1.807, 2.05) is 83.8 Å².